The average molecular weight is 923 g/mol. The van der Waals surface area contributed by atoms with Gasteiger partial charge in [-0.3, -0.25) is 0 Å². The lowest BCUT2D eigenvalue weighted by molar-refractivity contribution is 0.332. The smallest absolute Gasteiger partial charge is 0.252 e. The van der Waals surface area contributed by atoms with Crippen LogP contribution in [0.5, 0.6) is 0 Å². The Morgan fingerprint density at radius 1 is 0.429 bits per heavy atom. The van der Waals surface area contributed by atoms with Gasteiger partial charge in [0.1, 0.15) is 0 Å². The van der Waals surface area contributed by atoms with E-state index in [2.05, 4.69) is 225 Å². The molecule has 12 rings (SSSR count). The third-order valence-corrected chi connectivity index (χ3v) is 19.5. The summed E-state index contributed by atoms with van der Waals surface area (Å²) in [5.74, 6) is 0. The van der Waals surface area contributed by atoms with Crippen LogP contribution in [0.3, 0.4) is 0 Å². The predicted octanol–water partition coefficient (Wildman–Crippen LogP) is 16.3. The lowest BCUT2D eigenvalue weighted by Crippen LogP contribution is -2.62. The highest BCUT2D eigenvalue weighted by atomic mass is 15.2. The van der Waals surface area contributed by atoms with Crippen LogP contribution in [0, 0.1) is 6.92 Å². The summed E-state index contributed by atoms with van der Waals surface area (Å²) in [5.41, 5.74) is 30.0. The summed E-state index contributed by atoms with van der Waals surface area (Å²) >= 11 is 0. The number of nitrogens with zero attached hydrogens (tertiary/aromatic N) is 2. The monoisotopic (exact) mass is 923 g/mol. The van der Waals surface area contributed by atoms with Gasteiger partial charge in [-0.1, -0.05) is 166 Å². The Labute approximate surface area is 422 Å². The van der Waals surface area contributed by atoms with E-state index in [9.17, 15) is 0 Å². The molecule has 0 bridgehead atoms. The van der Waals surface area contributed by atoms with Crippen LogP contribution in [0.4, 0.5) is 34.1 Å². The minimum absolute atomic E-state index is 0.0406. The average Bonchev–Trinajstić information content (AvgIpc) is 3.61. The van der Waals surface area contributed by atoms with Crippen molar-refractivity contribution in [2.45, 2.75) is 200 Å². The van der Waals surface area contributed by atoms with Gasteiger partial charge in [0.25, 0.3) is 6.71 Å². The lowest BCUT2D eigenvalue weighted by Gasteiger charge is -2.48. The molecule has 6 aromatic carbocycles. The van der Waals surface area contributed by atoms with Crippen molar-refractivity contribution in [3.63, 3.8) is 0 Å². The number of fused-ring (bicyclic) bond motifs is 10. The van der Waals surface area contributed by atoms with Gasteiger partial charge in [-0.2, -0.15) is 0 Å². The molecule has 0 aromatic heterocycles. The third-order valence-electron chi connectivity index (χ3n) is 19.5. The van der Waals surface area contributed by atoms with E-state index in [1.54, 1.807) is 0 Å². The molecule has 0 spiro atoms. The van der Waals surface area contributed by atoms with E-state index in [4.69, 9.17) is 0 Å². The fraction of sp³-hybridized carbons (Fsp3) is 0.463. The number of hydrogen-bond donors (Lipinski definition) is 0. The fourth-order valence-electron chi connectivity index (χ4n) is 15.3. The van der Waals surface area contributed by atoms with Crippen molar-refractivity contribution >= 4 is 57.2 Å². The number of benzene rings is 6. The minimum atomic E-state index is -0.150. The van der Waals surface area contributed by atoms with Gasteiger partial charge in [0, 0.05) is 39.4 Å². The van der Waals surface area contributed by atoms with E-state index >= 15 is 0 Å². The molecule has 2 aliphatic heterocycles. The van der Waals surface area contributed by atoms with Crippen LogP contribution >= 0.6 is 0 Å². The molecule has 4 aliphatic carbocycles. The number of anilines is 6. The van der Waals surface area contributed by atoms with Crippen molar-refractivity contribution in [1.82, 2.24) is 0 Å². The zero-order valence-electron chi connectivity index (χ0n) is 46.2. The number of hydrogen-bond acceptors (Lipinski definition) is 2. The highest BCUT2D eigenvalue weighted by Crippen LogP contribution is 2.59. The van der Waals surface area contributed by atoms with Crippen LogP contribution in [0.2, 0.25) is 0 Å². The van der Waals surface area contributed by atoms with Gasteiger partial charge < -0.3 is 9.80 Å². The van der Waals surface area contributed by atoms with Gasteiger partial charge in [0.15, 0.2) is 0 Å². The number of aryl methyl sites for hydroxylation is 1. The van der Waals surface area contributed by atoms with Crippen LogP contribution in [0.25, 0.3) is 11.1 Å². The first-order chi connectivity index (χ1) is 32.4. The van der Waals surface area contributed by atoms with Crippen molar-refractivity contribution in [3.05, 3.63) is 147 Å². The summed E-state index contributed by atoms with van der Waals surface area (Å²) in [4.78, 5) is 5.49. The summed E-state index contributed by atoms with van der Waals surface area (Å²) in [6, 6.07) is 38.2. The van der Waals surface area contributed by atoms with E-state index in [-0.39, 0.29) is 50.0 Å². The highest BCUT2D eigenvalue weighted by Gasteiger charge is 2.51. The van der Waals surface area contributed by atoms with Crippen LogP contribution in [0.15, 0.2) is 91.0 Å². The Balaban J connectivity index is 1.21. The Bertz CT molecular complexity index is 3290. The van der Waals surface area contributed by atoms with E-state index in [0.717, 1.165) is 6.42 Å². The molecule has 360 valence electrons. The first kappa shape index (κ1) is 46.1. The molecule has 2 heterocycles. The maximum Gasteiger partial charge on any atom is 0.252 e. The fourth-order valence-corrected chi connectivity index (χ4v) is 15.3. The maximum absolute atomic E-state index is 2.76. The van der Waals surface area contributed by atoms with Gasteiger partial charge in [0.2, 0.25) is 0 Å². The number of rotatable bonds is 2. The quantitative estimate of drug-likeness (QED) is 0.159. The molecule has 0 fully saturated rings. The highest BCUT2D eigenvalue weighted by molar-refractivity contribution is 7.00. The van der Waals surface area contributed by atoms with Gasteiger partial charge in [0.05, 0.1) is 5.69 Å². The molecule has 6 aromatic rings. The summed E-state index contributed by atoms with van der Waals surface area (Å²) in [5, 5.41) is 0. The third kappa shape index (κ3) is 6.24. The summed E-state index contributed by atoms with van der Waals surface area (Å²) in [6.45, 7) is 44.3. The second-order valence-corrected chi connectivity index (χ2v) is 28.8. The van der Waals surface area contributed by atoms with E-state index in [0.29, 0.717) is 0 Å². The molecule has 3 heteroatoms. The lowest BCUT2D eigenvalue weighted by atomic mass is 9.32. The molecule has 0 N–H and O–H groups in total. The Morgan fingerprint density at radius 3 is 1.51 bits per heavy atom. The molecular formula is C67H79BN2. The Hall–Kier alpha value is -5.02. The van der Waals surface area contributed by atoms with Crippen molar-refractivity contribution in [1.29, 1.82) is 0 Å². The molecule has 0 saturated carbocycles. The maximum atomic E-state index is 2.76. The largest absolute Gasteiger partial charge is 0.311 e. The zero-order valence-corrected chi connectivity index (χ0v) is 46.2. The summed E-state index contributed by atoms with van der Waals surface area (Å²) in [7, 11) is 0. The SMILES string of the molecule is Cc1cc2c3c(c1)N(c1cccc4c1-c1ccc(C(C)(C)C)cc1C4(C)C)c1cc4c(cc1B3c1cc3c(cc1N2c1ccc2c(c1)C(C)(C)CCC2(C)C)C(C)(C)CCC3(C)C)C(C)(C)CC4(C)C. The van der Waals surface area contributed by atoms with E-state index in [1.807, 2.05) is 0 Å². The van der Waals surface area contributed by atoms with Crippen LogP contribution in [-0.4, -0.2) is 6.71 Å². The van der Waals surface area contributed by atoms with Crippen LogP contribution < -0.4 is 26.2 Å². The molecule has 6 aliphatic rings. The van der Waals surface area contributed by atoms with Gasteiger partial charge in [-0.15, -0.1) is 0 Å². The molecule has 2 nitrogen and oxygen atoms in total. The van der Waals surface area contributed by atoms with Crippen molar-refractivity contribution < 1.29 is 0 Å². The van der Waals surface area contributed by atoms with Crippen molar-refractivity contribution in [2.75, 3.05) is 9.80 Å². The van der Waals surface area contributed by atoms with E-state index in [1.165, 1.54) is 143 Å². The molecule has 0 unspecified atom stereocenters. The van der Waals surface area contributed by atoms with Crippen LogP contribution in [-0.2, 0) is 43.3 Å². The zero-order chi connectivity index (χ0) is 50.0. The van der Waals surface area contributed by atoms with Crippen molar-refractivity contribution in [3.8, 4) is 11.1 Å². The standard InChI is InChI=1S/C67H79BN2/c1-39-30-56-59-57(31-39)70(53-21-19-20-44-58(53)42-24-22-40(60(2,3)4)32-45(42)67(44,17)18)55-37-50-48(65(13,14)38-66(50,15)16)35-52(55)68(59)51-34-47-49(64(11,12)29-28-63(47,9)10)36-54(51)69(56)41-23-25-43-46(33-41)62(7,8)27-26-61(43,5)6/h19-25,30-37H,26-29,38H2,1-18H3. The molecule has 0 amide bonds. The van der Waals surface area contributed by atoms with Crippen molar-refractivity contribution in [2.24, 2.45) is 0 Å². The normalized spacial score (nSPS) is 21.4. The van der Waals surface area contributed by atoms with E-state index < -0.39 is 0 Å². The second kappa shape index (κ2) is 13.9. The second-order valence-electron chi connectivity index (χ2n) is 28.8. The molecule has 0 radical (unpaired) electrons. The summed E-state index contributed by atoms with van der Waals surface area (Å²) in [6.07, 6.45) is 5.90. The van der Waals surface area contributed by atoms with Gasteiger partial charge in [-0.05, 0) is 197 Å². The molecule has 70 heavy (non-hydrogen) atoms. The van der Waals surface area contributed by atoms with Gasteiger partial charge in [-0.25, -0.2) is 0 Å². The molecule has 0 atom stereocenters. The Kier molecular flexibility index (Phi) is 9.17. The van der Waals surface area contributed by atoms with Gasteiger partial charge >= 0.3 is 0 Å². The summed E-state index contributed by atoms with van der Waals surface area (Å²) < 4.78 is 0. The first-order valence-corrected chi connectivity index (χ1v) is 27.0. The predicted molar refractivity (Wildman–Crippen MR) is 303 cm³/mol. The molecule has 0 saturated heterocycles. The Morgan fingerprint density at radius 2 is 0.929 bits per heavy atom. The minimum Gasteiger partial charge on any atom is -0.311 e. The first-order valence-electron chi connectivity index (χ1n) is 27.0. The molecular weight excluding hydrogens is 844 g/mol. The van der Waals surface area contributed by atoms with Crippen LogP contribution in [0.1, 0.15) is 205 Å². The topological polar surface area (TPSA) is 6.48 Å².